The summed E-state index contributed by atoms with van der Waals surface area (Å²) in [4.78, 5) is 12.2. The number of hydrogen-bond donors (Lipinski definition) is 1. The molecule has 1 N–H and O–H groups in total. The summed E-state index contributed by atoms with van der Waals surface area (Å²) in [7, 11) is 0. The highest BCUT2D eigenvalue weighted by molar-refractivity contribution is 9.09. The minimum absolute atomic E-state index is 0.0916. The zero-order valence-corrected chi connectivity index (χ0v) is 12.3. The van der Waals surface area contributed by atoms with E-state index in [1.807, 2.05) is 0 Å². The first-order chi connectivity index (χ1) is 8.97. The van der Waals surface area contributed by atoms with Gasteiger partial charge in [-0.1, -0.05) is 28.8 Å². The molecule has 1 amide bonds. The van der Waals surface area contributed by atoms with E-state index >= 15 is 0 Å². The van der Waals surface area contributed by atoms with E-state index in [1.54, 1.807) is 0 Å². The van der Waals surface area contributed by atoms with Gasteiger partial charge in [0, 0.05) is 11.4 Å². The SMILES string of the molecule is Cc1cc(C(=O)NC2(CBr)CCCC2)c(F)cc1F. The van der Waals surface area contributed by atoms with Crippen molar-refractivity contribution in [3.8, 4) is 0 Å². The van der Waals surface area contributed by atoms with E-state index < -0.39 is 17.5 Å². The summed E-state index contributed by atoms with van der Waals surface area (Å²) in [5.41, 5.74) is -0.122. The second-order valence-corrected chi connectivity index (χ2v) is 5.72. The average molecular weight is 332 g/mol. The highest BCUT2D eigenvalue weighted by Gasteiger charge is 2.35. The number of halogens is 3. The lowest BCUT2D eigenvalue weighted by Crippen LogP contribution is -2.48. The second kappa shape index (κ2) is 5.57. The molecule has 0 unspecified atom stereocenters. The maximum Gasteiger partial charge on any atom is 0.254 e. The van der Waals surface area contributed by atoms with Crippen LogP contribution in [0.1, 0.15) is 41.6 Å². The number of hydrogen-bond acceptors (Lipinski definition) is 1. The third-order valence-corrected chi connectivity index (χ3v) is 4.76. The Hall–Kier alpha value is -0.970. The van der Waals surface area contributed by atoms with Crippen LogP contribution >= 0.6 is 15.9 Å². The van der Waals surface area contributed by atoms with E-state index in [9.17, 15) is 13.6 Å². The number of aryl methyl sites for hydroxylation is 1. The summed E-state index contributed by atoms with van der Waals surface area (Å²) >= 11 is 3.41. The van der Waals surface area contributed by atoms with Gasteiger partial charge in [-0.25, -0.2) is 8.78 Å². The number of alkyl halides is 1. The lowest BCUT2D eigenvalue weighted by Gasteiger charge is -2.28. The Bertz CT molecular complexity index is 498. The number of rotatable bonds is 3. The van der Waals surface area contributed by atoms with Gasteiger partial charge in [0.1, 0.15) is 11.6 Å². The van der Waals surface area contributed by atoms with Crippen molar-refractivity contribution in [3.05, 3.63) is 34.9 Å². The van der Waals surface area contributed by atoms with Crippen molar-refractivity contribution in [3.63, 3.8) is 0 Å². The maximum absolute atomic E-state index is 13.7. The maximum atomic E-state index is 13.7. The molecule has 5 heteroatoms. The van der Waals surface area contributed by atoms with Crippen LogP contribution in [0.5, 0.6) is 0 Å². The van der Waals surface area contributed by atoms with Crippen LogP contribution in [-0.4, -0.2) is 16.8 Å². The van der Waals surface area contributed by atoms with Crippen LogP contribution in [0.15, 0.2) is 12.1 Å². The van der Waals surface area contributed by atoms with Gasteiger partial charge < -0.3 is 5.32 Å². The van der Waals surface area contributed by atoms with E-state index in [0.29, 0.717) is 5.33 Å². The predicted octanol–water partition coefficient (Wildman–Crippen LogP) is 3.71. The normalized spacial score (nSPS) is 17.5. The van der Waals surface area contributed by atoms with Gasteiger partial charge >= 0.3 is 0 Å². The quantitative estimate of drug-likeness (QED) is 0.840. The molecule has 0 aromatic heterocycles. The van der Waals surface area contributed by atoms with Crippen LogP contribution in [0.4, 0.5) is 8.78 Å². The Morgan fingerprint density at radius 1 is 1.32 bits per heavy atom. The molecular formula is C14H16BrF2NO. The zero-order valence-electron chi connectivity index (χ0n) is 10.7. The molecule has 0 spiro atoms. The fourth-order valence-electron chi connectivity index (χ4n) is 2.48. The third-order valence-electron chi connectivity index (χ3n) is 3.69. The Balaban J connectivity index is 2.22. The minimum Gasteiger partial charge on any atom is -0.346 e. The van der Waals surface area contributed by atoms with Gasteiger partial charge in [-0.2, -0.15) is 0 Å². The zero-order chi connectivity index (χ0) is 14.0. The molecule has 0 bridgehead atoms. The Morgan fingerprint density at radius 2 is 1.95 bits per heavy atom. The Morgan fingerprint density at radius 3 is 2.53 bits per heavy atom. The average Bonchev–Trinajstić information content (AvgIpc) is 2.83. The number of carbonyl (C=O) groups is 1. The molecule has 0 saturated heterocycles. The van der Waals surface area contributed by atoms with E-state index in [-0.39, 0.29) is 16.7 Å². The summed E-state index contributed by atoms with van der Waals surface area (Å²) in [6, 6.07) is 2.02. The van der Waals surface area contributed by atoms with Crippen LogP contribution < -0.4 is 5.32 Å². The molecule has 1 aliphatic rings. The molecule has 1 aromatic carbocycles. The monoisotopic (exact) mass is 331 g/mol. The molecule has 104 valence electrons. The molecule has 1 saturated carbocycles. The largest absolute Gasteiger partial charge is 0.346 e. The van der Waals surface area contributed by atoms with Crippen LogP contribution in [0.2, 0.25) is 0 Å². The van der Waals surface area contributed by atoms with Crippen molar-refractivity contribution >= 4 is 21.8 Å². The van der Waals surface area contributed by atoms with Crippen molar-refractivity contribution in [2.75, 3.05) is 5.33 Å². The summed E-state index contributed by atoms with van der Waals surface area (Å²) in [5.74, 6) is -1.92. The summed E-state index contributed by atoms with van der Waals surface area (Å²) < 4.78 is 26.9. The van der Waals surface area contributed by atoms with Crippen molar-refractivity contribution in [2.24, 2.45) is 0 Å². The first-order valence-electron chi connectivity index (χ1n) is 6.31. The summed E-state index contributed by atoms with van der Waals surface area (Å²) in [6.07, 6.45) is 3.87. The number of benzene rings is 1. The van der Waals surface area contributed by atoms with Crippen molar-refractivity contribution < 1.29 is 13.6 Å². The molecule has 1 fully saturated rings. The van der Waals surface area contributed by atoms with Crippen LogP contribution in [0.3, 0.4) is 0 Å². The van der Waals surface area contributed by atoms with Crippen molar-refractivity contribution in [2.45, 2.75) is 38.1 Å². The first-order valence-corrected chi connectivity index (χ1v) is 7.44. The van der Waals surface area contributed by atoms with Gasteiger partial charge in [0.05, 0.1) is 11.1 Å². The molecule has 0 aliphatic heterocycles. The Labute approximate surface area is 119 Å². The molecule has 0 radical (unpaired) electrons. The minimum atomic E-state index is -0.816. The molecule has 2 nitrogen and oxygen atoms in total. The lowest BCUT2D eigenvalue weighted by atomic mass is 9.99. The topological polar surface area (TPSA) is 29.1 Å². The van der Waals surface area contributed by atoms with Gasteiger partial charge in [-0.15, -0.1) is 0 Å². The highest BCUT2D eigenvalue weighted by Crippen LogP contribution is 2.31. The highest BCUT2D eigenvalue weighted by atomic mass is 79.9. The van der Waals surface area contributed by atoms with Crippen molar-refractivity contribution in [1.29, 1.82) is 0 Å². The summed E-state index contributed by atoms with van der Waals surface area (Å²) in [6.45, 7) is 1.52. The molecule has 0 atom stereocenters. The molecule has 1 aromatic rings. The van der Waals surface area contributed by atoms with Crippen LogP contribution in [0, 0.1) is 18.6 Å². The predicted molar refractivity (Wildman–Crippen MR) is 73.6 cm³/mol. The molecule has 0 heterocycles. The third kappa shape index (κ3) is 2.96. The molecule has 1 aliphatic carbocycles. The Kier molecular flexibility index (Phi) is 4.23. The molecular weight excluding hydrogens is 316 g/mol. The van der Waals surface area contributed by atoms with E-state index in [1.165, 1.54) is 13.0 Å². The standard InChI is InChI=1S/C14H16BrF2NO/c1-9-6-10(12(17)7-11(9)16)13(19)18-14(8-15)4-2-3-5-14/h6-7H,2-5,8H2,1H3,(H,18,19). The van der Waals surface area contributed by atoms with E-state index in [4.69, 9.17) is 0 Å². The molecule has 19 heavy (non-hydrogen) atoms. The number of amides is 1. The van der Waals surface area contributed by atoms with Crippen molar-refractivity contribution in [1.82, 2.24) is 5.32 Å². The number of carbonyl (C=O) groups excluding carboxylic acids is 1. The van der Waals surface area contributed by atoms with E-state index in [0.717, 1.165) is 31.7 Å². The van der Waals surface area contributed by atoms with Gasteiger partial charge in [0.25, 0.3) is 5.91 Å². The smallest absolute Gasteiger partial charge is 0.254 e. The van der Waals surface area contributed by atoms with Crippen LogP contribution in [-0.2, 0) is 0 Å². The van der Waals surface area contributed by atoms with Crippen LogP contribution in [0.25, 0.3) is 0 Å². The van der Waals surface area contributed by atoms with Gasteiger partial charge in [-0.3, -0.25) is 4.79 Å². The fraction of sp³-hybridized carbons (Fsp3) is 0.500. The fourth-order valence-corrected chi connectivity index (χ4v) is 3.18. The van der Waals surface area contributed by atoms with Gasteiger partial charge in [0.15, 0.2) is 0 Å². The first kappa shape index (κ1) is 14.4. The van der Waals surface area contributed by atoms with E-state index in [2.05, 4.69) is 21.2 Å². The summed E-state index contributed by atoms with van der Waals surface area (Å²) in [5, 5.41) is 3.54. The number of nitrogens with one attached hydrogen (secondary N) is 1. The molecule has 2 rings (SSSR count). The van der Waals surface area contributed by atoms with Gasteiger partial charge in [0.2, 0.25) is 0 Å². The van der Waals surface area contributed by atoms with Gasteiger partial charge in [-0.05, 0) is 31.4 Å². The lowest BCUT2D eigenvalue weighted by molar-refractivity contribution is 0.0906. The second-order valence-electron chi connectivity index (χ2n) is 5.16.